The minimum absolute atomic E-state index is 0.576. The van der Waals surface area contributed by atoms with Gasteiger partial charge >= 0.3 is 6.09 Å². The molecule has 0 aliphatic heterocycles. The Balaban J connectivity index is 2.70. The number of hydrogen-bond acceptors (Lipinski definition) is 4. The SMILES string of the molecule is CCOc1ccc(C(C=O)NC(=O)OC(C)(C)C)cc1. The van der Waals surface area contributed by atoms with E-state index in [0.29, 0.717) is 18.5 Å². The summed E-state index contributed by atoms with van der Waals surface area (Å²) in [6, 6.07) is 6.25. The van der Waals surface area contributed by atoms with Crippen LogP contribution in [-0.2, 0) is 9.53 Å². The van der Waals surface area contributed by atoms with E-state index in [0.717, 1.165) is 5.75 Å². The van der Waals surface area contributed by atoms with Crippen molar-refractivity contribution in [3.63, 3.8) is 0 Å². The monoisotopic (exact) mass is 279 g/mol. The van der Waals surface area contributed by atoms with Crippen LogP contribution < -0.4 is 10.1 Å². The predicted octanol–water partition coefficient (Wildman–Crippen LogP) is 2.85. The molecule has 0 aromatic heterocycles. The topological polar surface area (TPSA) is 64.6 Å². The van der Waals surface area contributed by atoms with Gasteiger partial charge in [-0.15, -0.1) is 0 Å². The van der Waals surface area contributed by atoms with E-state index in [9.17, 15) is 9.59 Å². The van der Waals surface area contributed by atoms with Crippen molar-refractivity contribution in [2.75, 3.05) is 6.61 Å². The van der Waals surface area contributed by atoms with Gasteiger partial charge in [-0.1, -0.05) is 12.1 Å². The molecule has 1 amide bonds. The van der Waals surface area contributed by atoms with Crippen molar-refractivity contribution in [1.29, 1.82) is 0 Å². The summed E-state index contributed by atoms with van der Waals surface area (Å²) in [6.07, 6.45) is 0.0445. The number of alkyl carbamates (subject to hydrolysis) is 1. The number of aldehydes is 1. The van der Waals surface area contributed by atoms with E-state index in [-0.39, 0.29) is 0 Å². The molecule has 0 aliphatic rings. The summed E-state index contributed by atoms with van der Waals surface area (Å²) < 4.78 is 10.4. The molecule has 5 heteroatoms. The third-order valence-corrected chi connectivity index (χ3v) is 2.36. The lowest BCUT2D eigenvalue weighted by molar-refractivity contribution is -0.109. The van der Waals surface area contributed by atoms with E-state index in [2.05, 4.69) is 5.32 Å². The first kappa shape index (κ1) is 16.0. The van der Waals surface area contributed by atoms with Crippen molar-refractivity contribution in [2.45, 2.75) is 39.3 Å². The fourth-order valence-electron chi connectivity index (χ4n) is 1.57. The summed E-state index contributed by atoms with van der Waals surface area (Å²) in [5.41, 5.74) is 0.0744. The highest BCUT2D eigenvalue weighted by molar-refractivity contribution is 5.74. The molecule has 0 spiro atoms. The first-order valence-corrected chi connectivity index (χ1v) is 6.53. The summed E-state index contributed by atoms with van der Waals surface area (Å²) in [4.78, 5) is 22.8. The normalized spacial score (nSPS) is 12.4. The van der Waals surface area contributed by atoms with E-state index in [1.165, 1.54) is 0 Å². The molecule has 0 heterocycles. The molecule has 0 aliphatic carbocycles. The molecule has 20 heavy (non-hydrogen) atoms. The quantitative estimate of drug-likeness (QED) is 0.842. The van der Waals surface area contributed by atoms with Gasteiger partial charge in [0.15, 0.2) is 0 Å². The summed E-state index contributed by atoms with van der Waals surface area (Å²) in [5.74, 6) is 0.721. The van der Waals surface area contributed by atoms with Crippen LogP contribution >= 0.6 is 0 Å². The number of carbonyl (C=O) groups excluding carboxylic acids is 2. The molecule has 0 radical (unpaired) electrons. The van der Waals surface area contributed by atoms with Crippen LogP contribution in [0, 0.1) is 0 Å². The number of hydrogen-bond donors (Lipinski definition) is 1. The van der Waals surface area contributed by atoms with Crippen LogP contribution in [0.2, 0.25) is 0 Å². The molecule has 0 saturated carbocycles. The molecular weight excluding hydrogens is 258 g/mol. The van der Waals surface area contributed by atoms with Gasteiger partial charge in [-0.3, -0.25) is 0 Å². The fourth-order valence-corrected chi connectivity index (χ4v) is 1.57. The Labute approximate surface area is 119 Å². The number of amides is 1. The van der Waals surface area contributed by atoms with Gasteiger partial charge < -0.3 is 19.6 Å². The fraction of sp³-hybridized carbons (Fsp3) is 0.467. The van der Waals surface area contributed by atoms with E-state index in [1.54, 1.807) is 45.0 Å². The minimum atomic E-state index is -0.736. The summed E-state index contributed by atoms with van der Waals surface area (Å²) >= 11 is 0. The van der Waals surface area contributed by atoms with E-state index < -0.39 is 17.7 Å². The lowest BCUT2D eigenvalue weighted by Crippen LogP contribution is -2.35. The molecule has 1 unspecified atom stereocenters. The van der Waals surface area contributed by atoms with Crippen LogP contribution in [-0.4, -0.2) is 24.6 Å². The Kier molecular flexibility index (Phi) is 5.55. The first-order chi connectivity index (χ1) is 9.35. The van der Waals surface area contributed by atoms with Crippen molar-refractivity contribution >= 4 is 12.4 Å². The second-order valence-corrected chi connectivity index (χ2v) is 5.26. The van der Waals surface area contributed by atoms with Gasteiger partial charge in [0.2, 0.25) is 0 Å². The Bertz CT molecular complexity index is 448. The Morgan fingerprint density at radius 1 is 1.30 bits per heavy atom. The van der Waals surface area contributed by atoms with E-state index in [1.807, 2.05) is 6.92 Å². The maximum absolute atomic E-state index is 11.7. The molecule has 1 aromatic carbocycles. The summed E-state index contributed by atoms with van der Waals surface area (Å²) in [6.45, 7) is 7.76. The van der Waals surface area contributed by atoms with Gasteiger partial charge in [-0.2, -0.15) is 0 Å². The number of rotatable bonds is 5. The average molecular weight is 279 g/mol. The smallest absolute Gasteiger partial charge is 0.408 e. The molecule has 1 N–H and O–H groups in total. The molecule has 110 valence electrons. The maximum Gasteiger partial charge on any atom is 0.408 e. The first-order valence-electron chi connectivity index (χ1n) is 6.53. The van der Waals surface area contributed by atoms with Gasteiger partial charge in [-0.25, -0.2) is 4.79 Å². The minimum Gasteiger partial charge on any atom is -0.494 e. The highest BCUT2D eigenvalue weighted by Gasteiger charge is 2.20. The second kappa shape index (κ2) is 6.93. The van der Waals surface area contributed by atoms with E-state index in [4.69, 9.17) is 9.47 Å². The molecule has 0 fully saturated rings. The van der Waals surface area contributed by atoms with Crippen LogP contribution in [0.1, 0.15) is 39.3 Å². The van der Waals surface area contributed by atoms with Gasteiger partial charge in [0.1, 0.15) is 23.7 Å². The van der Waals surface area contributed by atoms with Gasteiger partial charge in [0.25, 0.3) is 0 Å². The van der Waals surface area contributed by atoms with Crippen LogP contribution in [0.3, 0.4) is 0 Å². The van der Waals surface area contributed by atoms with Crippen molar-refractivity contribution < 1.29 is 19.1 Å². The van der Waals surface area contributed by atoms with Crippen LogP contribution in [0.25, 0.3) is 0 Å². The summed E-state index contributed by atoms with van der Waals surface area (Å²) in [7, 11) is 0. The predicted molar refractivity (Wildman–Crippen MR) is 75.8 cm³/mol. The lowest BCUT2D eigenvalue weighted by atomic mass is 10.1. The number of carbonyl (C=O) groups is 2. The zero-order valence-corrected chi connectivity index (χ0v) is 12.3. The van der Waals surface area contributed by atoms with Crippen LogP contribution in [0.5, 0.6) is 5.75 Å². The average Bonchev–Trinajstić information content (AvgIpc) is 2.35. The van der Waals surface area contributed by atoms with Gasteiger partial charge in [0.05, 0.1) is 6.61 Å². The number of benzene rings is 1. The molecule has 1 rings (SSSR count). The number of ether oxygens (including phenoxy) is 2. The standard InChI is InChI=1S/C15H21NO4/c1-5-19-12-8-6-11(7-9-12)13(10-17)16-14(18)20-15(2,3)4/h6-10,13H,5H2,1-4H3,(H,16,18). The van der Waals surface area contributed by atoms with Crippen molar-refractivity contribution in [3.05, 3.63) is 29.8 Å². The third kappa shape index (κ3) is 5.30. The Hall–Kier alpha value is -2.04. The largest absolute Gasteiger partial charge is 0.494 e. The number of nitrogens with one attached hydrogen (secondary N) is 1. The van der Waals surface area contributed by atoms with E-state index >= 15 is 0 Å². The second-order valence-electron chi connectivity index (χ2n) is 5.26. The Morgan fingerprint density at radius 2 is 1.90 bits per heavy atom. The zero-order valence-electron chi connectivity index (χ0n) is 12.3. The van der Waals surface area contributed by atoms with Crippen LogP contribution in [0.4, 0.5) is 4.79 Å². The van der Waals surface area contributed by atoms with Crippen molar-refractivity contribution in [1.82, 2.24) is 5.32 Å². The molecule has 5 nitrogen and oxygen atoms in total. The van der Waals surface area contributed by atoms with Crippen molar-refractivity contribution in [3.8, 4) is 5.75 Å². The van der Waals surface area contributed by atoms with Gasteiger partial charge in [0, 0.05) is 0 Å². The molecule has 0 saturated heterocycles. The highest BCUT2D eigenvalue weighted by Crippen LogP contribution is 2.17. The molecule has 0 bridgehead atoms. The van der Waals surface area contributed by atoms with Crippen LogP contribution in [0.15, 0.2) is 24.3 Å². The molecule has 1 atom stereocenters. The highest BCUT2D eigenvalue weighted by atomic mass is 16.6. The summed E-state index contributed by atoms with van der Waals surface area (Å²) in [5, 5.41) is 2.52. The van der Waals surface area contributed by atoms with Crippen molar-refractivity contribution in [2.24, 2.45) is 0 Å². The molecule has 1 aromatic rings. The maximum atomic E-state index is 11.7. The third-order valence-electron chi connectivity index (χ3n) is 2.36. The molecular formula is C15H21NO4. The lowest BCUT2D eigenvalue weighted by Gasteiger charge is -2.21. The zero-order chi connectivity index (χ0) is 15.2. The Morgan fingerprint density at radius 3 is 2.35 bits per heavy atom. The van der Waals surface area contributed by atoms with Gasteiger partial charge in [-0.05, 0) is 45.4 Å².